The zero-order valence-corrected chi connectivity index (χ0v) is 16.9. The third-order valence-electron chi connectivity index (χ3n) is 4.78. The zero-order chi connectivity index (χ0) is 18.5. The summed E-state index contributed by atoms with van der Waals surface area (Å²) in [6.45, 7) is 3.76. The second-order valence-electron chi connectivity index (χ2n) is 7.03. The van der Waals surface area contributed by atoms with Gasteiger partial charge in [0.25, 0.3) is 0 Å². The van der Waals surface area contributed by atoms with Gasteiger partial charge in [0.1, 0.15) is 11.8 Å². The molecule has 0 aromatic heterocycles. The number of ether oxygens (including phenoxy) is 2. The molecule has 4 nitrogen and oxygen atoms in total. The first kappa shape index (κ1) is 21.3. The molecule has 0 aliphatic heterocycles. The highest BCUT2D eigenvalue weighted by Crippen LogP contribution is 2.30. The van der Waals surface area contributed by atoms with Crippen LogP contribution in [0.4, 0.5) is 0 Å². The van der Waals surface area contributed by atoms with E-state index in [1.165, 1.54) is 11.1 Å². The minimum absolute atomic E-state index is 0. The maximum atomic E-state index is 12.7. The Morgan fingerprint density at radius 1 is 1.11 bits per heavy atom. The molecule has 0 bridgehead atoms. The summed E-state index contributed by atoms with van der Waals surface area (Å²) in [5.41, 5.74) is 3.51. The van der Waals surface area contributed by atoms with Crippen molar-refractivity contribution >= 4 is 18.4 Å². The van der Waals surface area contributed by atoms with Crippen LogP contribution >= 0.6 is 12.4 Å². The van der Waals surface area contributed by atoms with Crippen LogP contribution < -0.4 is 10.1 Å². The molecule has 0 saturated carbocycles. The van der Waals surface area contributed by atoms with E-state index in [4.69, 9.17) is 9.47 Å². The molecule has 3 rings (SSSR count). The minimum Gasteiger partial charge on any atom is -0.496 e. The molecule has 2 atom stereocenters. The van der Waals surface area contributed by atoms with E-state index in [0.29, 0.717) is 0 Å². The van der Waals surface area contributed by atoms with Crippen molar-refractivity contribution in [3.05, 3.63) is 65.2 Å². The number of hydrogen-bond donors (Lipinski definition) is 1. The standard InChI is InChI=1S/C22H27NO3.ClH/c1-15(2)26-22(24)21(16-8-5-4-6-9-16)23-18-12-13-19-17(14-18)10-7-11-20(19)25-3;/h4-11,15,18,21,23H,12-14H2,1-3H3;1H/t18-,21?;/m0./s1. The van der Waals surface area contributed by atoms with E-state index >= 15 is 0 Å². The summed E-state index contributed by atoms with van der Waals surface area (Å²) in [7, 11) is 1.72. The van der Waals surface area contributed by atoms with Crippen molar-refractivity contribution in [1.29, 1.82) is 0 Å². The number of esters is 1. The number of carbonyl (C=O) groups excluding carboxylic acids is 1. The Morgan fingerprint density at radius 3 is 2.52 bits per heavy atom. The molecular formula is C22H28ClNO3. The number of halogens is 1. The molecule has 0 fully saturated rings. The number of carbonyl (C=O) groups is 1. The van der Waals surface area contributed by atoms with Crippen molar-refractivity contribution in [2.75, 3.05) is 7.11 Å². The van der Waals surface area contributed by atoms with Gasteiger partial charge >= 0.3 is 5.97 Å². The lowest BCUT2D eigenvalue weighted by Gasteiger charge is -2.30. The molecule has 1 aliphatic carbocycles. The van der Waals surface area contributed by atoms with Gasteiger partial charge in [0.2, 0.25) is 0 Å². The fourth-order valence-corrected chi connectivity index (χ4v) is 3.59. The zero-order valence-electron chi connectivity index (χ0n) is 16.1. The van der Waals surface area contributed by atoms with Gasteiger partial charge in [0.05, 0.1) is 13.2 Å². The van der Waals surface area contributed by atoms with Crippen molar-refractivity contribution in [1.82, 2.24) is 5.32 Å². The Kier molecular flexibility index (Phi) is 7.69. The molecule has 2 aromatic rings. The highest BCUT2D eigenvalue weighted by atomic mass is 35.5. The SMILES string of the molecule is COc1cccc2c1CC[C@H](NC(C(=O)OC(C)C)c1ccccc1)C2.Cl. The minimum atomic E-state index is -0.448. The lowest BCUT2D eigenvalue weighted by Crippen LogP contribution is -2.41. The average Bonchev–Trinajstić information content (AvgIpc) is 2.65. The smallest absolute Gasteiger partial charge is 0.328 e. The van der Waals surface area contributed by atoms with Gasteiger partial charge < -0.3 is 9.47 Å². The lowest BCUT2D eigenvalue weighted by molar-refractivity contribution is -0.150. The van der Waals surface area contributed by atoms with Gasteiger partial charge in [-0.1, -0.05) is 42.5 Å². The molecule has 5 heteroatoms. The summed E-state index contributed by atoms with van der Waals surface area (Å²) in [6, 6.07) is 15.8. The van der Waals surface area contributed by atoms with Gasteiger partial charge in [-0.05, 0) is 55.9 Å². The van der Waals surface area contributed by atoms with Crippen LogP contribution in [0.2, 0.25) is 0 Å². The predicted molar refractivity (Wildman–Crippen MR) is 110 cm³/mol. The summed E-state index contributed by atoms with van der Waals surface area (Å²) < 4.78 is 11.0. The van der Waals surface area contributed by atoms with Crippen molar-refractivity contribution in [2.24, 2.45) is 0 Å². The number of rotatable bonds is 6. The number of fused-ring (bicyclic) bond motifs is 1. The van der Waals surface area contributed by atoms with Crippen LogP contribution in [0.5, 0.6) is 5.75 Å². The first-order valence-electron chi connectivity index (χ1n) is 9.24. The highest BCUT2D eigenvalue weighted by Gasteiger charge is 2.28. The molecule has 27 heavy (non-hydrogen) atoms. The van der Waals surface area contributed by atoms with E-state index in [1.54, 1.807) is 7.11 Å². The van der Waals surface area contributed by atoms with Crippen LogP contribution in [0.25, 0.3) is 0 Å². The summed E-state index contributed by atoms with van der Waals surface area (Å²) in [4.78, 5) is 12.7. The largest absolute Gasteiger partial charge is 0.496 e. The summed E-state index contributed by atoms with van der Waals surface area (Å²) >= 11 is 0. The van der Waals surface area contributed by atoms with Crippen molar-refractivity contribution in [2.45, 2.75) is 51.3 Å². The maximum Gasteiger partial charge on any atom is 0.328 e. The van der Waals surface area contributed by atoms with E-state index < -0.39 is 6.04 Å². The van der Waals surface area contributed by atoms with E-state index in [9.17, 15) is 4.79 Å². The third-order valence-corrected chi connectivity index (χ3v) is 4.78. The van der Waals surface area contributed by atoms with Gasteiger partial charge in [-0.15, -0.1) is 12.4 Å². The van der Waals surface area contributed by atoms with Gasteiger partial charge in [-0.3, -0.25) is 5.32 Å². The topological polar surface area (TPSA) is 47.6 Å². The lowest BCUT2D eigenvalue weighted by atomic mass is 9.87. The fourth-order valence-electron chi connectivity index (χ4n) is 3.59. The van der Waals surface area contributed by atoms with Crippen molar-refractivity contribution < 1.29 is 14.3 Å². The molecule has 146 valence electrons. The Morgan fingerprint density at radius 2 is 1.85 bits per heavy atom. The van der Waals surface area contributed by atoms with Gasteiger partial charge in [-0.2, -0.15) is 0 Å². The number of methoxy groups -OCH3 is 1. The first-order chi connectivity index (χ1) is 12.6. The number of hydrogen-bond acceptors (Lipinski definition) is 4. The monoisotopic (exact) mass is 389 g/mol. The second-order valence-corrected chi connectivity index (χ2v) is 7.03. The van der Waals surface area contributed by atoms with E-state index in [0.717, 1.165) is 30.6 Å². The molecule has 1 unspecified atom stereocenters. The quantitative estimate of drug-likeness (QED) is 0.750. The van der Waals surface area contributed by atoms with Crippen LogP contribution in [0.15, 0.2) is 48.5 Å². The molecular weight excluding hydrogens is 362 g/mol. The Bertz CT molecular complexity index is 748. The average molecular weight is 390 g/mol. The molecule has 0 spiro atoms. The maximum absolute atomic E-state index is 12.7. The molecule has 0 saturated heterocycles. The Labute approximate surface area is 167 Å². The van der Waals surface area contributed by atoms with Crippen molar-refractivity contribution in [3.8, 4) is 5.75 Å². The normalized spacial score (nSPS) is 16.8. The van der Waals surface area contributed by atoms with Gasteiger partial charge in [0, 0.05) is 6.04 Å². The molecule has 1 aliphatic rings. The molecule has 0 radical (unpaired) electrons. The van der Waals surface area contributed by atoms with E-state index in [-0.39, 0.29) is 30.5 Å². The number of benzene rings is 2. The van der Waals surface area contributed by atoms with E-state index in [1.807, 2.05) is 56.3 Å². The Hall–Kier alpha value is -2.04. The molecule has 0 heterocycles. The molecule has 2 aromatic carbocycles. The first-order valence-corrected chi connectivity index (χ1v) is 9.24. The van der Waals surface area contributed by atoms with Gasteiger partial charge in [0.15, 0.2) is 0 Å². The highest BCUT2D eigenvalue weighted by molar-refractivity contribution is 5.85. The van der Waals surface area contributed by atoms with Crippen LogP contribution in [0, 0.1) is 0 Å². The summed E-state index contributed by atoms with van der Waals surface area (Å²) in [5, 5.41) is 3.54. The van der Waals surface area contributed by atoms with Crippen LogP contribution in [-0.2, 0) is 22.4 Å². The molecule has 1 N–H and O–H groups in total. The van der Waals surface area contributed by atoms with Gasteiger partial charge in [-0.25, -0.2) is 4.79 Å². The van der Waals surface area contributed by atoms with Crippen LogP contribution in [0.3, 0.4) is 0 Å². The van der Waals surface area contributed by atoms with Crippen molar-refractivity contribution in [3.63, 3.8) is 0 Å². The van der Waals surface area contributed by atoms with Crippen LogP contribution in [-0.4, -0.2) is 25.2 Å². The fraction of sp³-hybridized carbons (Fsp3) is 0.409. The second kappa shape index (κ2) is 9.77. The third kappa shape index (κ3) is 5.24. The molecule has 0 amide bonds. The Balaban J connectivity index is 0.00000261. The summed E-state index contributed by atoms with van der Waals surface area (Å²) in [6.07, 6.45) is 2.65. The number of nitrogens with one attached hydrogen (secondary N) is 1. The van der Waals surface area contributed by atoms with Crippen LogP contribution in [0.1, 0.15) is 43.0 Å². The summed E-state index contributed by atoms with van der Waals surface area (Å²) in [5.74, 6) is 0.738. The predicted octanol–water partition coefficient (Wildman–Crippen LogP) is 4.26. The van der Waals surface area contributed by atoms with E-state index in [2.05, 4.69) is 11.4 Å².